The van der Waals surface area contributed by atoms with Crippen LogP contribution in [0.25, 0.3) is 0 Å². The summed E-state index contributed by atoms with van der Waals surface area (Å²) in [6.07, 6.45) is 1.82. The van der Waals surface area contributed by atoms with Crippen molar-refractivity contribution >= 4 is 12.1 Å². The molecule has 0 saturated carbocycles. The summed E-state index contributed by atoms with van der Waals surface area (Å²) in [5, 5.41) is 2.63. The molecule has 0 aliphatic rings. The Labute approximate surface area is 130 Å². The average molecular weight is 307 g/mol. The van der Waals surface area contributed by atoms with E-state index in [0.717, 1.165) is 5.56 Å². The highest BCUT2D eigenvalue weighted by Gasteiger charge is 2.15. The smallest absolute Gasteiger partial charge is 0.407 e. The van der Waals surface area contributed by atoms with Crippen LogP contribution in [0.15, 0.2) is 42.5 Å². The van der Waals surface area contributed by atoms with E-state index < -0.39 is 18.2 Å². The van der Waals surface area contributed by atoms with Crippen LogP contribution in [0.1, 0.15) is 12.5 Å². The number of carbonyl (C=O) groups is 2. The zero-order chi connectivity index (χ0) is 16.4. The summed E-state index contributed by atoms with van der Waals surface area (Å²) in [7, 11) is 2.68. The van der Waals surface area contributed by atoms with E-state index in [1.54, 1.807) is 13.0 Å². The lowest BCUT2D eigenvalue weighted by atomic mass is 10.2. The Hall–Kier alpha value is -2.34. The number of carbonyl (C=O) groups excluding carboxylic acids is 2. The van der Waals surface area contributed by atoms with E-state index in [1.165, 1.54) is 20.3 Å². The van der Waals surface area contributed by atoms with E-state index >= 15 is 0 Å². The van der Waals surface area contributed by atoms with Gasteiger partial charge < -0.3 is 19.5 Å². The number of benzene rings is 1. The monoisotopic (exact) mass is 307 g/mol. The van der Waals surface area contributed by atoms with Crippen LogP contribution in [-0.4, -0.2) is 38.4 Å². The molecular weight excluding hydrogens is 286 g/mol. The molecule has 1 aromatic rings. The van der Waals surface area contributed by atoms with Crippen molar-refractivity contribution in [2.24, 2.45) is 0 Å². The van der Waals surface area contributed by atoms with Gasteiger partial charge in [-0.2, -0.15) is 0 Å². The fraction of sp³-hybridized carbons (Fsp3) is 0.375. The maximum absolute atomic E-state index is 11.6. The Kier molecular flexibility index (Phi) is 7.70. The second-order valence-electron chi connectivity index (χ2n) is 4.56. The molecule has 120 valence electrons. The quantitative estimate of drug-likeness (QED) is 0.616. The van der Waals surface area contributed by atoms with Crippen molar-refractivity contribution in [2.75, 3.05) is 14.2 Å². The Morgan fingerprint density at radius 2 is 1.86 bits per heavy atom. The lowest BCUT2D eigenvalue weighted by Gasteiger charge is -2.12. The lowest BCUT2D eigenvalue weighted by molar-refractivity contribution is -0.149. The molecule has 1 rings (SSSR count). The van der Waals surface area contributed by atoms with Gasteiger partial charge in [0.25, 0.3) is 0 Å². The third-order valence-electron chi connectivity index (χ3n) is 2.82. The fourth-order valence-electron chi connectivity index (χ4n) is 1.64. The predicted molar refractivity (Wildman–Crippen MR) is 81.2 cm³/mol. The molecule has 22 heavy (non-hydrogen) atoms. The van der Waals surface area contributed by atoms with Crippen molar-refractivity contribution in [3.63, 3.8) is 0 Å². The number of hydrogen-bond acceptors (Lipinski definition) is 5. The number of alkyl carbamates (subject to hydrolysis) is 1. The van der Waals surface area contributed by atoms with Crippen LogP contribution in [0.3, 0.4) is 0 Å². The number of rotatable bonds is 7. The maximum atomic E-state index is 11.6. The molecule has 6 heteroatoms. The van der Waals surface area contributed by atoms with Crippen LogP contribution in [0, 0.1) is 0 Å². The lowest BCUT2D eigenvalue weighted by Crippen LogP contribution is -2.32. The van der Waals surface area contributed by atoms with Crippen molar-refractivity contribution in [1.82, 2.24) is 5.32 Å². The minimum Gasteiger partial charge on any atom is -0.467 e. The SMILES string of the molecule is COC(=O)[C@H](C=C[C@H](C)NC(=O)OCc1ccccc1)OC. The molecule has 0 spiro atoms. The predicted octanol–water partition coefficient (Wildman–Crippen LogP) is 2.05. The van der Waals surface area contributed by atoms with E-state index in [2.05, 4.69) is 10.1 Å². The standard InChI is InChI=1S/C16H21NO5/c1-12(9-10-14(20-2)15(18)21-3)17-16(19)22-11-13-7-5-4-6-8-13/h4-10,12,14H,11H2,1-3H3,(H,17,19)/t12-,14-/m0/s1. The molecule has 0 fully saturated rings. The molecule has 0 heterocycles. The fourth-order valence-corrected chi connectivity index (χ4v) is 1.64. The molecule has 0 radical (unpaired) electrons. The third-order valence-corrected chi connectivity index (χ3v) is 2.82. The second kappa shape index (κ2) is 9.57. The zero-order valence-electron chi connectivity index (χ0n) is 12.9. The van der Waals surface area contributed by atoms with Crippen molar-refractivity contribution in [2.45, 2.75) is 25.7 Å². The molecule has 1 aromatic carbocycles. The number of amides is 1. The minimum atomic E-state index is -0.797. The summed E-state index contributed by atoms with van der Waals surface area (Å²) < 4.78 is 14.6. The molecule has 1 N–H and O–H groups in total. The molecule has 0 saturated heterocycles. The van der Waals surface area contributed by atoms with E-state index in [0.29, 0.717) is 0 Å². The van der Waals surface area contributed by atoms with E-state index in [4.69, 9.17) is 9.47 Å². The Morgan fingerprint density at radius 1 is 1.18 bits per heavy atom. The van der Waals surface area contributed by atoms with Gasteiger partial charge in [-0.05, 0) is 18.6 Å². The number of nitrogens with one attached hydrogen (secondary N) is 1. The van der Waals surface area contributed by atoms with Gasteiger partial charge in [0, 0.05) is 13.2 Å². The highest BCUT2D eigenvalue weighted by atomic mass is 16.6. The van der Waals surface area contributed by atoms with Crippen LogP contribution in [0.4, 0.5) is 4.79 Å². The van der Waals surface area contributed by atoms with Crippen LogP contribution in [0.2, 0.25) is 0 Å². The van der Waals surface area contributed by atoms with Gasteiger partial charge in [-0.1, -0.05) is 36.4 Å². The van der Waals surface area contributed by atoms with Gasteiger partial charge in [0.2, 0.25) is 0 Å². The van der Waals surface area contributed by atoms with Crippen LogP contribution in [0.5, 0.6) is 0 Å². The van der Waals surface area contributed by atoms with Gasteiger partial charge in [0.1, 0.15) is 6.61 Å². The van der Waals surface area contributed by atoms with Gasteiger partial charge in [-0.15, -0.1) is 0 Å². The van der Waals surface area contributed by atoms with Gasteiger partial charge in [0.15, 0.2) is 6.10 Å². The Balaban J connectivity index is 2.38. The molecule has 0 aliphatic heterocycles. The zero-order valence-corrected chi connectivity index (χ0v) is 12.9. The Morgan fingerprint density at radius 3 is 2.45 bits per heavy atom. The largest absolute Gasteiger partial charge is 0.467 e. The molecule has 0 aromatic heterocycles. The first-order chi connectivity index (χ1) is 10.6. The molecule has 1 amide bonds. The molecule has 0 aliphatic carbocycles. The molecule has 6 nitrogen and oxygen atoms in total. The Bertz CT molecular complexity index is 501. The third kappa shape index (κ3) is 6.41. The maximum Gasteiger partial charge on any atom is 0.407 e. The van der Waals surface area contributed by atoms with Gasteiger partial charge in [-0.3, -0.25) is 0 Å². The second-order valence-corrected chi connectivity index (χ2v) is 4.56. The highest BCUT2D eigenvalue weighted by molar-refractivity contribution is 5.76. The average Bonchev–Trinajstić information content (AvgIpc) is 2.54. The minimum absolute atomic E-state index is 0.200. The first-order valence-corrected chi connectivity index (χ1v) is 6.83. The van der Waals surface area contributed by atoms with Crippen LogP contribution in [-0.2, 0) is 25.6 Å². The van der Waals surface area contributed by atoms with E-state index in [9.17, 15) is 9.59 Å². The van der Waals surface area contributed by atoms with Crippen molar-refractivity contribution < 1.29 is 23.8 Å². The summed E-state index contributed by atoms with van der Waals surface area (Å²) in [5.74, 6) is -0.502. The van der Waals surface area contributed by atoms with Gasteiger partial charge in [-0.25, -0.2) is 9.59 Å². The molecule has 0 bridgehead atoms. The topological polar surface area (TPSA) is 73.9 Å². The van der Waals surface area contributed by atoms with Gasteiger partial charge >= 0.3 is 12.1 Å². The normalized spacial score (nSPS) is 13.4. The molecule has 0 unspecified atom stereocenters. The number of hydrogen-bond donors (Lipinski definition) is 1. The van der Waals surface area contributed by atoms with Crippen LogP contribution < -0.4 is 5.32 Å². The summed E-state index contributed by atoms with van der Waals surface area (Å²) in [6.45, 7) is 1.95. The van der Waals surface area contributed by atoms with Crippen molar-refractivity contribution in [3.05, 3.63) is 48.0 Å². The number of ether oxygens (including phenoxy) is 3. The highest BCUT2D eigenvalue weighted by Crippen LogP contribution is 2.01. The van der Waals surface area contributed by atoms with Crippen molar-refractivity contribution in [1.29, 1.82) is 0 Å². The first-order valence-electron chi connectivity index (χ1n) is 6.83. The molecular formula is C16H21NO5. The van der Waals surface area contributed by atoms with Crippen LogP contribution >= 0.6 is 0 Å². The summed E-state index contributed by atoms with van der Waals surface area (Å²) >= 11 is 0. The number of methoxy groups -OCH3 is 2. The van der Waals surface area contributed by atoms with Gasteiger partial charge in [0.05, 0.1) is 7.11 Å². The molecule has 2 atom stereocenters. The van der Waals surface area contributed by atoms with E-state index in [1.807, 2.05) is 30.3 Å². The first kappa shape index (κ1) is 17.7. The number of esters is 1. The summed E-state index contributed by atoms with van der Waals surface area (Å²) in [6, 6.07) is 9.07. The van der Waals surface area contributed by atoms with Crippen molar-refractivity contribution in [3.8, 4) is 0 Å². The van der Waals surface area contributed by atoms with E-state index in [-0.39, 0.29) is 12.6 Å². The summed E-state index contributed by atoms with van der Waals surface area (Å²) in [5.41, 5.74) is 0.908. The summed E-state index contributed by atoms with van der Waals surface area (Å²) in [4.78, 5) is 23.0.